The highest BCUT2D eigenvalue weighted by Crippen LogP contribution is 2.46. The van der Waals surface area contributed by atoms with Crippen LogP contribution in [0.2, 0.25) is 0 Å². The molecule has 1 heteroatoms. The fraction of sp³-hybridized carbons (Fsp3) is 0.0208. The predicted octanol–water partition coefficient (Wildman–Crippen LogP) is 13.2. The number of aliphatic imine (C=N–C) groups is 1. The fourth-order valence-corrected chi connectivity index (χ4v) is 6.79. The average Bonchev–Trinajstić information content (AvgIpc) is 3.15. The molecule has 0 N–H and O–H groups in total. The molecule has 0 saturated heterocycles. The molecule has 1 nitrogen and oxygen atoms in total. The van der Waals surface area contributed by atoms with Crippen LogP contribution in [0.25, 0.3) is 65.7 Å². The summed E-state index contributed by atoms with van der Waals surface area (Å²) >= 11 is 0. The first-order valence-corrected chi connectivity index (χ1v) is 16.5. The van der Waals surface area contributed by atoms with Gasteiger partial charge in [-0.05, 0) is 90.3 Å². The number of rotatable bonds is 9. The number of nitrogens with zero attached hydrogens (tertiary/aromatic N) is 1. The average molecular weight is 628 g/mol. The van der Waals surface area contributed by atoms with E-state index in [4.69, 9.17) is 4.99 Å². The smallest absolute Gasteiger partial charge is 0.0703 e. The van der Waals surface area contributed by atoms with Crippen LogP contribution < -0.4 is 0 Å². The third kappa shape index (κ3) is 5.88. The van der Waals surface area contributed by atoms with Crippen molar-refractivity contribution < 1.29 is 0 Å². The summed E-state index contributed by atoms with van der Waals surface area (Å²) in [5, 5.41) is 7.31. The van der Waals surface area contributed by atoms with Gasteiger partial charge in [0.15, 0.2) is 0 Å². The maximum Gasteiger partial charge on any atom is 0.0703 e. The molecule has 0 aromatic heterocycles. The lowest BCUT2D eigenvalue weighted by molar-refractivity contribution is 1.37. The van der Waals surface area contributed by atoms with Crippen LogP contribution >= 0.6 is 0 Å². The Hall–Kier alpha value is -6.31. The van der Waals surface area contributed by atoms with Crippen molar-refractivity contribution >= 4 is 38.0 Å². The normalized spacial score (nSPS) is 11.7. The van der Waals surface area contributed by atoms with Crippen molar-refractivity contribution in [1.82, 2.24) is 0 Å². The van der Waals surface area contributed by atoms with Gasteiger partial charge in [0.1, 0.15) is 0 Å². The molecule has 7 aromatic rings. The van der Waals surface area contributed by atoms with Crippen molar-refractivity contribution in [3.8, 4) is 33.4 Å². The number of hydrogen-bond acceptors (Lipinski definition) is 1. The SMILES string of the molecule is C=C/C=C\C(=C)C(=C)N=C(C=C)c1cccc(-c2c3ccccc3c(-c3ccc(-c4ccc(C)cc4)c4ccccc34)c3ccccc23)c1. The van der Waals surface area contributed by atoms with Crippen molar-refractivity contribution in [3.05, 3.63) is 206 Å². The monoisotopic (exact) mass is 627 g/mol. The van der Waals surface area contributed by atoms with E-state index in [9.17, 15) is 0 Å². The van der Waals surface area contributed by atoms with Gasteiger partial charge in [0, 0.05) is 5.56 Å². The molecule has 7 aromatic carbocycles. The second-order valence-corrected chi connectivity index (χ2v) is 12.3. The van der Waals surface area contributed by atoms with Gasteiger partial charge in [0.05, 0.1) is 11.4 Å². The Labute approximate surface area is 288 Å². The maximum atomic E-state index is 4.81. The van der Waals surface area contributed by atoms with E-state index in [1.54, 1.807) is 12.2 Å². The highest BCUT2D eigenvalue weighted by Gasteiger charge is 2.19. The first-order valence-electron chi connectivity index (χ1n) is 16.5. The summed E-state index contributed by atoms with van der Waals surface area (Å²) in [6.45, 7) is 18.2. The Morgan fingerprint density at radius 1 is 0.551 bits per heavy atom. The van der Waals surface area contributed by atoms with Gasteiger partial charge in [-0.2, -0.15) is 0 Å². The first-order chi connectivity index (χ1) is 24.0. The molecule has 0 unspecified atom stereocenters. The Balaban J connectivity index is 1.45. The Morgan fingerprint density at radius 3 is 1.69 bits per heavy atom. The van der Waals surface area contributed by atoms with E-state index in [2.05, 4.69) is 167 Å². The summed E-state index contributed by atoms with van der Waals surface area (Å²) in [4.78, 5) is 4.81. The molecule has 0 saturated carbocycles. The zero-order chi connectivity index (χ0) is 33.9. The summed E-state index contributed by atoms with van der Waals surface area (Å²) in [5.74, 6) is 0. The van der Waals surface area contributed by atoms with Crippen LogP contribution in [0.15, 0.2) is 200 Å². The second kappa shape index (κ2) is 13.4. The van der Waals surface area contributed by atoms with Crippen LogP contribution in [-0.4, -0.2) is 5.71 Å². The molecular weight excluding hydrogens is 591 g/mol. The molecule has 0 bridgehead atoms. The van der Waals surface area contributed by atoms with E-state index in [-0.39, 0.29) is 0 Å². The van der Waals surface area contributed by atoms with Crippen LogP contribution in [0.3, 0.4) is 0 Å². The Bertz CT molecular complexity index is 2450. The molecular formula is C48H37N. The number of fused-ring (bicyclic) bond motifs is 3. The summed E-state index contributed by atoms with van der Waals surface area (Å²) in [5.41, 5.74) is 11.5. The quantitative estimate of drug-likeness (QED) is 0.0858. The van der Waals surface area contributed by atoms with Crippen LogP contribution in [0.4, 0.5) is 0 Å². The van der Waals surface area contributed by atoms with E-state index in [0.29, 0.717) is 5.70 Å². The van der Waals surface area contributed by atoms with Crippen LogP contribution in [0.5, 0.6) is 0 Å². The molecule has 0 fully saturated rings. The molecule has 0 heterocycles. The molecule has 0 amide bonds. The van der Waals surface area contributed by atoms with Gasteiger partial charge in [0.2, 0.25) is 0 Å². The zero-order valence-corrected chi connectivity index (χ0v) is 27.8. The van der Waals surface area contributed by atoms with Crippen molar-refractivity contribution in [3.63, 3.8) is 0 Å². The van der Waals surface area contributed by atoms with E-state index >= 15 is 0 Å². The van der Waals surface area contributed by atoms with Gasteiger partial charge in [0.25, 0.3) is 0 Å². The summed E-state index contributed by atoms with van der Waals surface area (Å²) in [6, 6.07) is 48.3. The topological polar surface area (TPSA) is 12.4 Å². The number of allylic oxidation sites excluding steroid dienone is 4. The summed E-state index contributed by atoms with van der Waals surface area (Å²) in [6.07, 6.45) is 7.18. The molecule has 7 rings (SSSR count). The number of aryl methyl sites for hydroxylation is 1. The van der Waals surface area contributed by atoms with Gasteiger partial charge in [-0.1, -0.05) is 178 Å². The lowest BCUT2D eigenvalue weighted by Gasteiger charge is -2.20. The molecule has 234 valence electrons. The lowest BCUT2D eigenvalue weighted by atomic mass is 9.83. The van der Waals surface area contributed by atoms with Crippen LogP contribution in [-0.2, 0) is 0 Å². The standard InChI is InChI=1S/C48H37N/c1-6-8-16-33(4)34(5)49-46(7-2)36-17-15-18-37(31-36)47-41-21-11-13-23-43(41)48(44-24-14-12-22-42(44)47)45-30-29-38(35-27-25-32(3)26-28-35)39-19-9-10-20-40(39)45/h6-31H,1-2,4-5H2,3H3/b16-8-,49-46?. The molecule has 49 heavy (non-hydrogen) atoms. The highest BCUT2D eigenvalue weighted by atomic mass is 14.8. The summed E-state index contributed by atoms with van der Waals surface area (Å²) < 4.78 is 0. The van der Waals surface area contributed by atoms with E-state index in [0.717, 1.165) is 22.4 Å². The van der Waals surface area contributed by atoms with Crippen molar-refractivity contribution in [2.75, 3.05) is 0 Å². The van der Waals surface area contributed by atoms with Gasteiger partial charge in [-0.15, -0.1) is 0 Å². The number of hydrogen-bond donors (Lipinski definition) is 0. The number of benzene rings is 7. The van der Waals surface area contributed by atoms with Crippen molar-refractivity contribution in [1.29, 1.82) is 0 Å². The van der Waals surface area contributed by atoms with Crippen LogP contribution in [0, 0.1) is 6.92 Å². The van der Waals surface area contributed by atoms with Crippen LogP contribution in [0.1, 0.15) is 11.1 Å². The minimum absolute atomic E-state index is 0.583. The second-order valence-electron chi connectivity index (χ2n) is 12.3. The third-order valence-corrected chi connectivity index (χ3v) is 9.19. The van der Waals surface area contributed by atoms with E-state index in [1.807, 2.05) is 12.2 Å². The Kier molecular flexibility index (Phi) is 8.58. The predicted molar refractivity (Wildman–Crippen MR) is 214 cm³/mol. The van der Waals surface area contributed by atoms with Gasteiger partial charge in [-0.25, -0.2) is 4.99 Å². The largest absolute Gasteiger partial charge is 0.248 e. The van der Waals surface area contributed by atoms with Gasteiger partial charge < -0.3 is 0 Å². The van der Waals surface area contributed by atoms with Gasteiger partial charge in [-0.3, -0.25) is 0 Å². The lowest BCUT2D eigenvalue weighted by Crippen LogP contribution is -1.99. The summed E-state index contributed by atoms with van der Waals surface area (Å²) in [7, 11) is 0. The highest BCUT2D eigenvalue weighted by molar-refractivity contribution is 6.24. The molecule has 0 aliphatic rings. The van der Waals surface area contributed by atoms with E-state index < -0.39 is 0 Å². The van der Waals surface area contributed by atoms with E-state index in [1.165, 1.54) is 65.7 Å². The first kappa shape index (κ1) is 31.3. The van der Waals surface area contributed by atoms with Crippen molar-refractivity contribution in [2.45, 2.75) is 6.92 Å². The molecule has 0 radical (unpaired) electrons. The fourth-order valence-electron chi connectivity index (χ4n) is 6.79. The minimum atomic E-state index is 0.583. The molecule has 0 atom stereocenters. The third-order valence-electron chi connectivity index (χ3n) is 9.19. The zero-order valence-electron chi connectivity index (χ0n) is 27.8. The van der Waals surface area contributed by atoms with Gasteiger partial charge >= 0.3 is 0 Å². The molecule has 0 aliphatic heterocycles. The molecule has 0 spiro atoms. The molecule has 0 aliphatic carbocycles. The Morgan fingerprint density at radius 2 is 1.10 bits per heavy atom. The maximum absolute atomic E-state index is 4.81. The van der Waals surface area contributed by atoms with Crippen molar-refractivity contribution in [2.24, 2.45) is 4.99 Å². The minimum Gasteiger partial charge on any atom is -0.248 e.